The molecular formula is C19H25N5O6S2. The van der Waals surface area contributed by atoms with Crippen LogP contribution in [0.2, 0.25) is 0 Å². The average Bonchev–Trinajstić information content (AvgIpc) is 3.36. The summed E-state index contributed by atoms with van der Waals surface area (Å²) in [6.07, 6.45) is 1.46. The van der Waals surface area contributed by atoms with E-state index in [4.69, 9.17) is 14.6 Å². The molecule has 0 saturated carbocycles. The van der Waals surface area contributed by atoms with E-state index in [0.29, 0.717) is 60.7 Å². The SMILES string of the molecule is CC(=O)Nc1nc2c(s1)S(O)(O)Cc1c(C(=O)N3CCOCC3)nn(C3CCOCC3)c1-2. The standard InChI is InChI=1S/C19H25N5O6S2/c1-11(25)20-19-21-15-16-13(10-32(27,28)18(15)31-19)14(17(26)23-4-8-30-9-5-23)22-24(16)12-2-6-29-7-3-12/h12,27-28H,2-10H2,1H3,(H,20,21,25). The Bertz CT molecular complexity index is 1060. The van der Waals surface area contributed by atoms with E-state index in [1.807, 2.05) is 4.68 Å². The Kier molecular flexibility index (Phi) is 5.72. The van der Waals surface area contributed by atoms with Crippen LogP contribution in [0.15, 0.2) is 4.21 Å². The van der Waals surface area contributed by atoms with E-state index in [1.165, 1.54) is 6.92 Å². The zero-order valence-electron chi connectivity index (χ0n) is 17.6. The lowest BCUT2D eigenvalue weighted by Crippen LogP contribution is -2.41. The lowest BCUT2D eigenvalue weighted by molar-refractivity contribution is -0.114. The van der Waals surface area contributed by atoms with Gasteiger partial charge < -0.3 is 19.7 Å². The molecule has 0 atom stereocenters. The first kappa shape index (κ1) is 21.8. The summed E-state index contributed by atoms with van der Waals surface area (Å²) in [5, 5.41) is 7.64. The minimum Gasteiger partial charge on any atom is -0.381 e. The summed E-state index contributed by atoms with van der Waals surface area (Å²) < 4.78 is 34.9. The maximum absolute atomic E-state index is 13.4. The van der Waals surface area contributed by atoms with E-state index in [2.05, 4.69) is 10.3 Å². The molecule has 11 nitrogen and oxygen atoms in total. The van der Waals surface area contributed by atoms with Crippen LogP contribution in [0.25, 0.3) is 11.4 Å². The number of fused-ring (bicyclic) bond motifs is 3. The largest absolute Gasteiger partial charge is 0.381 e. The third-order valence-corrected chi connectivity index (χ3v) is 9.09. The number of rotatable bonds is 3. The van der Waals surface area contributed by atoms with Crippen LogP contribution in [0, 0.1) is 0 Å². The number of anilines is 1. The van der Waals surface area contributed by atoms with Crippen molar-refractivity contribution >= 4 is 38.9 Å². The summed E-state index contributed by atoms with van der Waals surface area (Å²) in [7, 11) is -3.24. The van der Waals surface area contributed by atoms with Crippen LogP contribution in [-0.2, 0) is 20.0 Å². The van der Waals surface area contributed by atoms with Gasteiger partial charge in [0.1, 0.15) is 9.90 Å². The number of carbonyl (C=O) groups is 2. The first-order valence-electron chi connectivity index (χ1n) is 10.5. The van der Waals surface area contributed by atoms with E-state index >= 15 is 0 Å². The summed E-state index contributed by atoms with van der Waals surface area (Å²) in [5.74, 6) is -0.647. The highest BCUT2D eigenvalue weighted by Gasteiger charge is 2.41. The van der Waals surface area contributed by atoms with Gasteiger partial charge >= 0.3 is 0 Å². The van der Waals surface area contributed by atoms with Crippen LogP contribution in [0.1, 0.15) is 41.9 Å². The number of amides is 2. The van der Waals surface area contributed by atoms with Gasteiger partial charge in [0.05, 0.1) is 30.7 Å². The number of nitrogens with zero attached hydrogens (tertiary/aromatic N) is 4. The number of morpholine rings is 1. The van der Waals surface area contributed by atoms with Crippen molar-refractivity contribution in [3.8, 4) is 11.4 Å². The summed E-state index contributed by atoms with van der Waals surface area (Å²) >= 11 is 1.05. The van der Waals surface area contributed by atoms with Crippen LogP contribution in [0.3, 0.4) is 0 Å². The number of ether oxygens (including phenoxy) is 2. The second-order valence-electron chi connectivity index (χ2n) is 8.02. The highest BCUT2D eigenvalue weighted by Crippen LogP contribution is 2.62. The molecule has 2 fully saturated rings. The van der Waals surface area contributed by atoms with Crippen molar-refractivity contribution in [2.24, 2.45) is 0 Å². The van der Waals surface area contributed by atoms with Crippen LogP contribution < -0.4 is 5.32 Å². The minimum atomic E-state index is -3.24. The molecule has 3 N–H and O–H groups in total. The molecule has 3 aliphatic rings. The topological polar surface area (TPSA) is 139 Å². The molecule has 0 aromatic carbocycles. The van der Waals surface area contributed by atoms with Gasteiger partial charge in [-0.15, -0.1) is 0 Å². The van der Waals surface area contributed by atoms with Crippen molar-refractivity contribution in [3.05, 3.63) is 11.3 Å². The highest BCUT2D eigenvalue weighted by atomic mass is 32.3. The molecule has 2 aromatic heterocycles. The molecule has 13 heteroatoms. The van der Waals surface area contributed by atoms with Gasteiger partial charge in [-0.1, -0.05) is 11.3 Å². The van der Waals surface area contributed by atoms with Crippen LogP contribution in [0.4, 0.5) is 5.13 Å². The van der Waals surface area contributed by atoms with Crippen molar-refractivity contribution in [1.29, 1.82) is 0 Å². The van der Waals surface area contributed by atoms with Crippen molar-refractivity contribution in [1.82, 2.24) is 19.7 Å². The molecule has 3 aliphatic heterocycles. The zero-order chi connectivity index (χ0) is 22.5. The van der Waals surface area contributed by atoms with Gasteiger partial charge in [-0.3, -0.25) is 23.4 Å². The smallest absolute Gasteiger partial charge is 0.274 e. The quantitative estimate of drug-likeness (QED) is 0.605. The van der Waals surface area contributed by atoms with Crippen molar-refractivity contribution in [3.63, 3.8) is 0 Å². The molecule has 2 aromatic rings. The Morgan fingerprint density at radius 1 is 1.16 bits per heavy atom. The van der Waals surface area contributed by atoms with Crippen LogP contribution in [0.5, 0.6) is 0 Å². The van der Waals surface area contributed by atoms with Crippen molar-refractivity contribution in [2.75, 3.05) is 44.8 Å². The predicted octanol–water partition coefficient (Wildman–Crippen LogP) is 2.41. The Balaban J connectivity index is 1.65. The molecular weight excluding hydrogens is 458 g/mol. The molecule has 0 spiro atoms. The first-order valence-corrected chi connectivity index (χ1v) is 13.0. The van der Waals surface area contributed by atoms with Gasteiger partial charge in [-0.25, -0.2) is 4.98 Å². The minimum absolute atomic E-state index is 0.00221. The molecule has 0 aliphatic carbocycles. The number of aromatic nitrogens is 3. The van der Waals surface area contributed by atoms with Gasteiger partial charge in [0.2, 0.25) is 5.91 Å². The van der Waals surface area contributed by atoms with Gasteiger partial charge in [0.25, 0.3) is 5.91 Å². The summed E-state index contributed by atoms with van der Waals surface area (Å²) in [5.41, 5.74) is 1.73. The van der Waals surface area contributed by atoms with E-state index in [-0.39, 0.29) is 34.4 Å². The molecule has 0 radical (unpaired) electrons. The van der Waals surface area contributed by atoms with Crippen molar-refractivity contribution < 1.29 is 28.2 Å². The third-order valence-electron chi connectivity index (χ3n) is 5.79. The molecule has 2 amide bonds. The van der Waals surface area contributed by atoms with Gasteiger partial charge in [-0.05, 0) is 12.8 Å². The number of carbonyl (C=O) groups excluding carboxylic acids is 2. The second-order valence-corrected chi connectivity index (χ2v) is 11.3. The number of hydrogen-bond acceptors (Lipinski definition) is 9. The number of thiazole rings is 1. The van der Waals surface area contributed by atoms with E-state index < -0.39 is 10.6 Å². The number of hydrogen-bond donors (Lipinski definition) is 3. The van der Waals surface area contributed by atoms with Gasteiger partial charge in [0, 0.05) is 38.8 Å². The molecule has 0 bridgehead atoms. The predicted molar refractivity (Wildman–Crippen MR) is 118 cm³/mol. The molecule has 5 rings (SSSR count). The fraction of sp³-hybridized carbons (Fsp3) is 0.579. The van der Waals surface area contributed by atoms with Crippen LogP contribution in [-0.4, -0.2) is 80.1 Å². The van der Waals surface area contributed by atoms with Gasteiger partial charge in [-0.2, -0.15) is 15.7 Å². The van der Waals surface area contributed by atoms with Crippen LogP contribution >= 0.6 is 21.9 Å². The fourth-order valence-corrected chi connectivity index (χ4v) is 7.24. The molecule has 5 heterocycles. The van der Waals surface area contributed by atoms with E-state index in [0.717, 1.165) is 24.2 Å². The first-order chi connectivity index (χ1) is 15.3. The lowest BCUT2D eigenvalue weighted by atomic mass is 10.1. The molecule has 32 heavy (non-hydrogen) atoms. The summed E-state index contributed by atoms with van der Waals surface area (Å²) in [4.78, 5) is 31.1. The molecule has 174 valence electrons. The second kappa shape index (κ2) is 8.39. The maximum atomic E-state index is 13.4. The Morgan fingerprint density at radius 2 is 1.84 bits per heavy atom. The average molecular weight is 484 g/mol. The fourth-order valence-electron chi connectivity index (χ4n) is 4.29. The van der Waals surface area contributed by atoms with Gasteiger partial charge in [0.15, 0.2) is 10.8 Å². The highest BCUT2D eigenvalue weighted by molar-refractivity contribution is 8.25. The Labute approximate surface area is 190 Å². The Morgan fingerprint density at radius 3 is 2.53 bits per heavy atom. The third kappa shape index (κ3) is 3.82. The van der Waals surface area contributed by atoms with Crippen molar-refractivity contribution in [2.45, 2.75) is 35.8 Å². The normalized spacial score (nSPS) is 21.5. The summed E-state index contributed by atoms with van der Waals surface area (Å²) in [6, 6.07) is 0.00221. The lowest BCUT2D eigenvalue weighted by Gasteiger charge is -2.35. The molecule has 0 unspecified atom stereocenters. The van der Waals surface area contributed by atoms with E-state index in [9.17, 15) is 18.7 Å². The summed E-state index contributed by atoms with van der Waals surface area (Å²) in [6.45, 7) is 4.38. The maximum Gasteiger partial charge on any atom is 0.274 e. The molecule has 2 saturated heterocycles. The Hall–Kier alpha value is -2.03. The monoisotopic (exact) mass is 483 g/mol. The zero-order valence-corrected chi connectivity index (χ0v) is 19.2. The van der Waals surface area contributed by atoms with E-state index in [1.54, 1.807) is 4.90 Å². The number of nitrogens with one attached hydrogen (secondary N) is 1.